The maximum atomic E-state index is 12.1. The van der Waals surface area contributed by atoms with Gasteiger partial charge in [0.15, 0.2) is 5.78 Å². The summed E-state index contributed by atoms with van der Waals surface area (Å²) in [6.45, 7) is 9.65. The SMILES string of the molecule is C=CCOC(C)C(=O)c1cc(C)ccc1C. The van der Waals surface area contributed by atoms with Crippen molar-refractivity contribution in [3.05, 3.63) is 47.5 Å². The van der Waals surface area contributed by atoms with E-state index in [2.05, 4.69) is 6.58 Å². The van der Waals surface area contributed by atoms with Gasteiger partial charge in [-0.25, -0.2) is 0 Å². The van der Waals surface area contributed by atoms with Gasteiger partial charge < -0.3 is 4.74 Å². The van der Waals surface area contributed by atoms with E-state index >= 15 is 0 Å². The lowest BCUT2D eigenvalue weighted by Gasteiger charge is -2.12. The molecule has 0 fully saturated rings. The Morgan fingerprint density at radius 1 is 1.50 bits per heavy atom. The zero-order valence-corrected chi connectivity index (χ0v) is 10.1. The maximum absolute atomic E-state index is 12.1. The molecule has 1 rings (SSSR count). The Bertz CT molecular complexity index is 394. The summed E-state index contributed by atoms with van der Waals surface area (Å²) in [5.74, 6) is 0.0306. The van der Waals surface area contributed by atoms with Crippen LogP contribution in [0.5, 0.6) is 0 Å². The molecule has 1 unspecified atom stereocenters. The fourth-order valence-electron chi connectivity index (χ4n) is 1.51. The maximum Gasteiger partial charge on any atom is 0.191 e. The minimum Gasteiger partial charge on any atom is -0.366 e. The number of ketones is 1. The highest BCUT2D eigenvalue weighted by Crippen LogP contribution is 2.14. The van der Waals surface area contributed by atoms with Crippen LogP contribution in [0.15, 0.2) is 30.9 Å². The highest BCUT2D eigenvalue weighted by Gasteiger charge is 2.17. The Balaban J connectivity index is 2.86. The lowest BCUT2D eigenvalue weighted by Crippen LogP contribution is -2.21. The van der Waals surface area contributed by atoms with Crippen molar-refractivity contribution in [1.29, 1.82) is 0 Å². The first-order chi connectivity index (χ1) is 7.56. The number of carbonyl (C=O) groups excluding carboxylic acids is 1. The average molecular weight is 218 g/mol. The van der Waals surface area contributed by atoms with E-state index in [0.717, 1.165) is 16.7 Å². The summed E-state index contributed by atoms with van der Waals surface area (Å²) in [4.78, 5) is 12.1. The van der Waals surface area contributed by atoms with Gasteiger partial charge in [0.25, 0.3) is 0 Å². The van der Waals surface area contributed by atoms with Crippen molar-refractivity contribution in [2.75, 3.05) is 6.61 Å². The Morgan fingerprint density at radius 2 is 2.19 bits per heavy atom. The third kappa shape index (κ3) is 3.04. The van der Waals surface area contributed by atoms with Gasteiger partial charge in [-0.3, -0.25) is 4.79 Å². The van der Waals surface area contributed by atoms with Crippen LogP contribution in [-0.4, -0.2) is 18.5 Å². The average Bonchev–Trinajstić information content (AvgIpc) is 2.28. The van der Waals surface area contributed by atoms with Crippen molar-refractivity contribution in [3.63, 3.8) is 0 Å². The zero-order chi connectivity index (χ0) is 12.1. The molecule has 2 nitrogen and oxygen atoms in total. The lowest BCUT2D eigenvalue weighted by atomic mass is 9.99. The fourth-order valence-corrected chi connectivity index (χ4v) is 1.51. The summed E-state index contributed by atoms with van der Waals surface area (Å²) >= 11 is 0. The van der Waals surface area contributed by atoms with Gasteiger partial charge in [-0.15, -0.1) is 6.58 Å². The normalized spacial score (nSPS) is 12.2. The Hall–Kier alpha value is -1.41. The van der Waals surface area contributed by atoms with E-state index in [-0.39, 0.29) is 5.78 Å². The van der Waals surface area contributed by atoms with Crippen molar-refractivity contribution in [3.8, 4) is 0 Å². The van der Waals surface area contributed by atoms with Crippen LogP contribution in [-0.2, 0) is 4.74 Å². The molecule has 0 aliphatic heterocycles. The summed E-state index contributed by atoms with van der Waals surface area (Å²) in [6, 6.07) is 5.87. The third-order valence-corrected chi connectivity index (χ3v) is 2.49. The van der Waals surface area contributed by atoms with Gasteiger partial charge in [-0.2, -0.15) is 0 Å². The van der Waals surface area contributed by atoms with Crippen LogP contribution in [0.25, 0.3) is 0 Å². The van der Waals surface area contributed by atoms with Gasteiger partial charge in [0.1, 0.15) is 6.10 Å². The second kappa shape index (κ2) is 5.61. The molecule has 0 radical (unpaired) electrons. The molecular weight excluding hydrogens is 200 g/mol. The summed E-state index contributed by atoms with van der Waals surface area (Å²) in [5.41, 5.74) is 2.83. The number of rotatable bonds is 5. The van der Waals surface area contributed by atoms with Crippen LogP contribution >= 0.6 is 0 Å². The van der Waals surface area contributed by atoms with E-state index < -0.39 is 6.10 Å². The molecule has 0 N–H and O–H groups in total. The molecule has 1 atom stereocenters. The molecule has 16 heavy (non-hydrogen) atoms. The molecule has 1 aromatic carbocycles. The molecule has 0 aromatic heterocycles. The first kappa shape index (κ1) is 12.7. The van der Waals surface area contributed by atoms with Gasteiger partial charge in [0, 0.05) is 5.56 Å². The Kier molecular flexibility index (Phi) is 4.44. The molecule has 1 aromatic rings. The highest BCUT2D eigenvalue weighted by molar-refractivity contribution is 6.00. The van der Waals surface area contributed by atoms with Crippen LogP contribution in [0.3, 0.4) is 0 Å². The number of benzene rings is 1. The first-order valence-electron chi connectivity index (χ1n) is 5.40. The molecule has 0 amide bonds. The van der Waals surface area contributed by atoms with Crippen LogP contribution in [0.2, 0.25) is 0 Å². The minimum atomic E-state index is -0.418. The predicted octanol–water partition coefficient (Wildman–Crippen LogP) is 3.08. The van der Waals surface area contributed by atoms with E-state index in [0.29, 0.717) is 6.61 Å². The van der Waals surface area contributed by atoms with Gasteiger partial charge in [0.05, 0.1) is 6.61 Å². The highest BCUT2D eigenvalue weighted by atomic mass is 16.5. The molecule has 0 aliphatic carbocycles. The minimum absolute atomic E-state index is 0.0306. The van der Waals surface area contributed by atoms with Gasteiger partial charge in [-0.05, 0) is 32.4 Å². The molecule has 86 valence electrons. The van der Waals surface area contributed by atoms with Crippen molar-refractivity contribution in [2.24, 2.45) is 0 Å². The summed E-state index contributed by atoms with van der Waals surface area (Å²) in [7, 11) is 0. The molecular formula is C14H18O2. The van der Waals surface area contributed by atoms with Crippen molar-refractivity contribution in [2.45, 2.75) is 26.9 Å². The zero-order valence-electron chi connectivity index (χ0n) is 10.1. The molecule has 0 saturated heterocycles. The molecule has 0 saturated carbocycles. The second-order valence-electron chi connectivity index (χ2n) is 3.95. The molecule has 0 heterocycles. The number of carbonyl (C=O) groups is 1. The second-order valence-corrected chi connectivity index (χ2v) is 3.95. The lowest BCUT2D eigenvalue weighted by molar-refractivity contribution is 0.0566. The monoisotopic (exact) mass is 218 g/mol. The molecule has 0 spiro atoms. The van der Waals surface area contributed by atoms with Crippen LogP contribution in [0.4, 0.5) is 0 Å². The van der Waals surface area contributed by atoms with E-state index in [1.54, 1.807) is 13.0 Å². The largest absolute Gasteiger partial charge is 0.366 e. The number of ether oxygens (including phenoxy) is 1. The van der Waals surface area contributed by atoms with E-state index in [9.17, 15) is 4.79 Å². The van der Waals surface area contributed by atoms with Gasteiger partial charge in [-0.1, -0.05) is 23.8 Å². The number of hydrogen-bond donors (Lipinski definition) is 0. The predicted molar refractivity (Wildman–Crippen MR) is 65.9 cm³/mol. The fraction of sp³-hybridized carbons (Fsp3) is 0.357. The van der Waals surface area contributed by atoms with Crippen LogP contribution < -0.4 is 0 Å². The number of hydrogen-bond acceptors (Lipinski definition) is 2. The Labute approximate surface area is 96.9 Å². The molecule has 2 heteroatoms. The summed E-state index contributed by atoms with van der Waals surface area (Å²) < 4.78 is 5.33. The molecule has 0 aliphatic rings. The summed E-state index contributed by atoms with van der Waals surface area (Å²) in [5, 5.41) is 0. The third-order valence-electron chi connectivity index (χ3n) is 2.49. The smallest absolute Gasteiger partial charge is 0.191 e. The summed E-state index contributed by atoms with van der Waals surface area (Å²) in [6.07, 6.45) is 1.23. The van der Waals surface area contributed by atoms with Crippen molar-refractivity contribution < 1.29 is 9.53 Å². The van der Waals surface area contributed by atoms with Crippen molar-refractivity contribution in [1.82, 2.24) is 0 Å². The van der Waals surface area contributed by atoms with Gasteiger partial charge >= 0.3 is 0 Å². The topological polar surface area (TPSA) is 26.3 Å². The Morgan fingerprint density at radius 3 is 2.81 bits per heavy atom. The van der Waals surface area contributed by atoms with Crippen LogP contribution in [0, 0.1) is 13.8 Å². The number of aryl methyl sites for hydroxylation is 2. The number of Topliss-reactive ketones (excluding diaryl/α,β-unsaturated/α-hetero) is 1. The quantitative estimate of drug-likeness (QED) is 0.561. The molecule has 0 bridgehead atoms. The van der Waals surface area contributed by atoms with Crippen LogP contribution in [0.1, 0.15) is 28.4 Å². The first-order valence-corrected chi connectivity index (χ1v) is 5.40. The van der Waals surface area contributed by atoms with Crippen molar-refractivity contribution >= 4 is 5.78 Å². The van der Waals surface area contributed by atoms with E-state index in [4.69, 9.17) is 4.74 Å². The van der Waals surface area contributed by atoms with E-state index in [1.807, 2.05) is 32.0 Å². The standard InChI is InChI=1S/C14H18O2/c1-5-8-16-12(4)14(15)13-9-10(2)6-7-11(13)3/h5-7,9,12H,1,8H2,2-4H3. The van der Waals surface area contributed by atoms with E-state index in [1.165, 1.54) is 0 Å². The van der Waals surface area contributed by atoms with Gasteiger partial charge in [0.2, 0.25) is 0 Å².